The summed E-state index contributed by atoms with van der Waals surface area (Å²) in [5.74, 6) is 0.940. The van der Waals surface area contributed by atoms with Gasteiger partial charge in [0.2, 0.25) is 5.91 Å². The molecule has 1 aromatic carbocycles. The second-order valence-corrected chi connectivity index (χ2v) is 5.78. The second-order valence-electron chi connectivity index (χ2n) is 4.03. The van der Waals surface area contributed by atoms with Crippen molar-refractivity contribution in [2.45, 2.75) is 0 Å². The Kier molecular flexibility index (Phi) is 5.25. The van der Waals surface area contributed by atoms with Gasteiger partial charge in [0.1, 0.15) is 0 Å². The summed E-state index contributed by atoms with van der Waals surface area (Å²) in [6.45, 7) is 0. The zero-order valence-electron chi connectivity index (χ0n) is 11.6. The van der Waals surface area contributed by atoms with Gasteiger partial charge in [0.25, 0.3) is 0 Å². The van der Waals surface area contributed by atoms with Crippen LogP contribution in [0.1, 0.15) is 4.88 Å². The molecule has 2 rings (SSSR count). The molecule has 1 aromatic heterocycles. The number of carbonyl (C=O) groups is 1. The zero-order chi connectivity index (χ0) is 15.2. The first-order valence-electron chi connectivity index (χ1n) is 6.09. The van der Waals surface area contributed by atoms with E-state index < -0.39 is 0 Å². The Hall–Kier alpha value is -1.98. The topological polar surface area (TPSA) is 47.6 Å². The molecular weight excluding hydrogens is 310 g/mol. The van der Waals surface area contributed by atoms with Crippen LogP contribution in [0.25, 0.3) is 6.08 Å². The molecule has 6 heteroatoms. The number of hydrogen-bond acceptors (Lipinski definition) is 4. The fraction of sp³-hybridized carbons (Fsp3) is 0.133. The molecule has 0 saturated heterocycles. The summed E-state index contributed by atoms with van der Waals surface area (Å²) in [6.07, 6.45) is 3.17. The lowest BCUT2D eigenvalue weighted by atomic mass is 10.2. The molecule has 2 aromatic rings. The lowest BCUT2D eigenvalue weighted by molar-refractivity contribution is -0.111. The summed E-state index contributed by atoms with van der Waals surface area (Å²) in [5, 5.41) is 2.76. The highest BCUT2D eigenvalue weighted by Crippen LogP contribution is 2.29. The number of carbonyl (C=O) groups excluding carboxylic acids is 1. The van der Waals surface area contributed by atoms with Gasteiger partial charge in [-0.1, -0.05) is 11.6 Å². The monoisotopic (exact) mass is 323 g/mol. The SMILES string of the molecule is COc1ccc(NC(=O)/C=C/c2ccc(Cl)s2)cc1OC. The number of benzene rings is 1. The molecule has 0 fully saturated rings. The van der Waals surface area contributed by atoms with Gasteiger partial charge in [-0.3, -0.25) is 4.79 Å². The van der Waals surface area contributed by atoms with Gasteiger partial charge in [0, 0.05) is 22.7 Å². The van der Waals surface area contributed by atoms with Crippen LogP contribution in [0.4, 0.5) is 5.69 Å². The summed E-state index contributed by atoms with van der Waals surface area (Å²) in [5.41, 5.74) is 0.631. The minimum absolute atomic E-state index is 0.230. The molecular formula is C15H14ClNO3S. The van der Waals surface area contributed by atoms with E-state index in [1.54, 1.807) is 44.6 Å². The number of halogens is 1. The van der Waals surface area contributed by atoms with Crippen LogP contribution < -0.4 is 14.8 Å². The van der Waals surface area contributed by atoms with E-state index >= 15 is 0 Å². The first-order chi connectivity index (χ1) is 10.1. The van der Waals surface area contributed by atoms with Crippen LogP contribution >= 0.6 is 22.9 Å². The van der Waals surface area contributed by atoms with Gasteiger partial charge in [-0.15, -0.1) is 11.3 Å². The van der Waals surface area contributed by atoms with Crippen molar-refractivity contribution >= 4 is 40.6 Å². The molecule has 0 saturated carbocycles. The molecule has 0 spiro atoms. The summed E-state index contributed by atoms with van der Waals surface area (Å²) in [6, 6.07) is 8.82. The second kappa shape index (κ2) is 7.15. The number of ether oxygens (including phenoxy) is 2. The largest absolute Gasteiger partial charge is 0.493 e. The lowest BCUT2D eigenvalue weighted by Crippen LogP contribution is -2.07. The van der Waals surface area contributed by atoms with Crippen molar-refractivity contribution in [1.82, 2.24) is 0 Å². The highest BCUT2D eigenvalue weighted by atomic mass is 35.5. The minimum atomic E-state index is -0.230. The third kappa shape index (κ3) is 4.24. The summed E-state index contributed by atoms with van der Waals surface area (Å²) in [7, 11) is 3.11. The van der Waals surface area contributed by atoms with E-state index in [1.807, 2.05) is 6.07 Å². The van der Waals surface area contributed by atoms with Crippen LogP contribution in [0, 0.1) is 0 Å². The van der Waals surface area contributed by atoms with Crippen molar-refractivity contribution in [3.8, 4) is 11.5 Å². The summed E-state index contributed by atoms with van der Waals surface area (Å²) >= 11 is 7.23. The van der Waals surface area contributed by atoms with Crippen LogP contribution in [-0.2, 0) is 4.79 Å². The number of thiophene rings is 1. The maximum absolute atomic E-state index is 11.8. The van der Waals surface area contributed by atoms with E-state index in [0.717, 1.165) is 4.88 Å². The van der Waals surface area contributed by atoms with Crippen LogP contribution in [0.2, 0.25) is 4.34 Å². The van der Waals surface area contributed by atoms with Crippen LogP contribution in [-0.4, -0.2) is 20.1 Å². The Balaban J connectivity index is 2.04. The zero-order valence-corrected chi connectivity index (χ0v) is 13.1. The van der Waals surface area contributed by atoms with Crippen molar-refractivity contribution in [2.75, 3.05) is 19.5 Å². The van der Waals surface area contributed by atoms with Crippen molar-refractivity contribution in [3.05, 3.63) is 45.6 Å². The molecule has 4 nitrogen and oxygen atoms in total. The van der Waals surface area contributed by atoms with Crippen LogP contribution in [0.3, 0.4) is 0 Å². The average Bonchev–Trinajstić information content (AvgIpc) is 2.90. The predicted octanol–water partition coefficient (Wildman–Crippen LogP) is 4.07. The molecule has 0 aliphatic rings. The van der Waals surface area contributed by atoms with Gasteiger partial charge >= 0.3 is 0 Å². The Labute approximate surface area is 132 Å². The number of rotatable bonds is 5. The first kappa shape index (κ1) is 15.4. The highest BCUT2D eigenvalue weighted by Gasteiger charge is 2.06. The molecule has 0 radical (unpaired) electrons. The quantitative estimate of drug-likeness (QED) is 0.844. The number of anilines is 1. The van der Waals surface area contributed by atoms with Crippen molar-refractivity contribution in [3.63, 3.8) is 0 Å². The normalized spacial score (nSPS) is 10.6. The van der Waals surface area contributed by atoms with E-state index in [1.165, 1.54) is 17.4 Å². The molecule has 1 amide bonds. The van der Waals surface area contributed by atoms with Gasteiger partial charge in [0.15, 0.2) is 11.5 Å². The molecule has 0 atom stereocenters. The number of amides is 1. The molecule has 0 bridgehead atoms. The van der Waals surface area contributed by atoms with E-state index in [0.29, 0.717) is 21.5 Å². The van der Waals surface area contributed by atoms with E-state index in [-0.39, 0.29) is 5.91 Å². The number of methoxy groups -OCH3 is 2. The number of nitrogens with one attached hydrogen (secondary N) is 1. The molecule has 1 heterocycles. The van der Waals surface area contributed by atoms with Crippen molar-refractivity contribution in [2.24, 2.45) is 0 Å². The minimum Gasteiger partial charge on any atom is -0.493 e. The molecule has 110 valence electrons. The molecule has 0 aliphatic carbocycles. The number of hydrogen-bond donors (Lipinski definition) is 1. The Morgan fingerprint density at radius 2 is 1.95 bits per heavy atom. The average molecular weight is 324 g/mol. The fourth-order valence-electron chi connectivity index (χ4n) is 1.67. The summed E-state index contributed by atoms with van der Waals surface area (Å²) in [4.78, 5) is 12.8. The van der Waals surface area contributed by atoms with E-state index in [2.05, 4.69) is 5.32 Å². The Morgan fingerprint density at radius 3 is 2.57 bits per heavy atom. The molecule has 1 N–H and O–H groups in total. The van der Waals surface area contributed by atoms with Gasteiger partial charge in [-0.25, -0.2) is 0 Å². The van der Waals surface area contributed by atoms with Gasteiger partial charge < -0.3 is 14.8 Å². The maximum Gasteiger partial charge on any atom is 0.248 e. The third-order valence-corrected chi connectivity index (χ3v) is 3.84. The first-order valence-corrected chi connectivity index (χ1v) is 7.28. The van der Waals surface area contributed by atoms with Gasteiger partial charge in [-0.05, 0) is 30.3 Å². The Morgan fingerprint density at radius 1 is 1.19 bits per heavy atom. The highest BCUT2D eigenvalue weighted by molar-refractivity contribution is 7.17. The molecule has 0 aliphatic heterocycles. The van der Waals surface area contributed by atoms with Crippen LogP contribution in [0.15, 0.2) is 36.4 Å². The standard InChI is InChI=1S/C15H14ClNO3S/c1-19-12-6-3-10(9-13(12)20-2)17-15(18)8-5-11-4-7-14(16)21-11/h3-9H,1-2H3,(H,17,18)/b8-5+. The van der Waals surface area contributed by atoms with Crippen LogP contribution in [0.5, 0.6) is 11.5 Å². The summed E-state index contributed by atoms with van der Waals surface area (Å²) < 4.78 is 11.0. The lowest BCUT2D eigenvalue weighted by Gasteiger charge is -2.09. The third-order valence-electron chi connectivity index (χ3n) is 2.64. The van der Waals surface area contributed by atoms with E-state index in [9.17, 15) is 4.79 Å². The van der Waals surface area contributed by atoms with Gasteiger partial charge in [-0.2, -0.15) is 0 Å². The fourth-order valence-corrected chi connectivity index (χ4v) is 2.64. The van der Waals surface area contributed by atoms with Gasteiger partial charge in [0.05, 0.1) is 18.6 Å². The van der Waals surface area contributed by atoms with Crippen molar-refractivity contribution in [1.29, 1.82) is 0 Å². The predicted molar refractivity (Wildman–Crippen MR) is 86.5 cm³/mol. The Bertz CT molecular complexity index is 667. The smallest absolute Gasteiger partial charge is 0.248 e. The maximum atomic E-state index is 11.8. The van der Waals surface area contributed by atoms with E-state index in [4.69, 9.17) is 21.1 Å². The molecule has 21 heavy (non-hydrogen) atoms. The molecule has 0 unspecified atom stereocenters. The van der Waals surface area contributed by atoms with Crippen molar-refractivity contribution < 1.29 is 14.3 Å².